The van der Waals surface area contributed by atoms with Gasteiger partial charge in [-0.3, -0.25) is 0 Å². The Labute approximate surface area is 159 Å². The number of benzene rings is 2. The highest BCUT2D eigenvalue weighted by molar-refractivity contribution is 6.30. The summed E-state index contributed by atoms with van der Waals surface area (Å²) < 4.78 is 0. The number of rotatable bonds is 8. The monoisotopic (exact) mass is 366 g/mol. The maximum Gasteiger partial charge on any atom is 0.224 e. The quantitative estimate of drug-likeness (QED) is 0.621. The Hall–Kier alpha value is -2.59. The summed E-state index contributed by atoms with van der Waals surface area (Å²) in [7, 11) is 0. The van der Waals surface area contributed by atoms with Crippen molar-refractivity contribution in [2.24, 2.45) is 0 Å². The summed E-state index contributed by atoms with van der Waals surface area (Å²) in [6, 6.07) is 20.3. The summed E-state index contributed by atoms with van der Waals surface area (Å²) in [5.41, 5.74) is 2.46. The lowest BCUT2D eigenvalue weighted by atomic mass is 10.1. The van der Waals surface area contributed by atoms with Gasteiger partial charge in [0, 0.05) is 30.9 Å². The number of nitrogens with zero attached hydrogens (tertiary/aromatic N) is 3. The van der Waals surface area contributed by atoms with Crippen LogP contribution in [0.2, 0.25) is 5.02 Å². The van der Waals surface area contributed by atoms with Crippen molar-refractivity contribution in [3.63, 3.8) is 0 Å². The highest BCUT2D eigenvalue weighted by Gasteiger charge is 2.08. The molecule has 3 aromatic rings. The molecule has 1 heterocycles. The van der Waals surface area contributed by atoms with Crippen molar-refractivity contribution in [1.82, 2.24) is 9.97 Å². The summed E-state index contributed by atoms with van der Waals surface area (Å²) in [5, 5.41) is 4.07. The zero-order valence-corrected chi connectivity index (χ0v) is 15.7. The lowest BCUT2D eigenvalue weighted by Gasteiger charge is -2.22. The Morgan fingerprint density at radius 3 is 2.58 bits per heavy atom. The molecule has 134 valence electrons. The molecule has 1 aromatic heterocycles. The summed E-state index contributed by atoms with van der Waals surface area (Å²) in [4.78, 5) is 11.2. The van der Waals surface area contributed by atoms with Crippen molar-refractivity contribution in [2.75, 3.05) is 23.3 Å². The van der Waals surface area contributed by atoms with E-state index in [2.05, 4.69) is 57.4 Å². The minimum atomic E-state index is 0.649. The van der Waals surface area contributed by atoms with Crippen LogP contribution < -0.4 is 10.2 Å². The normalized spacial score (nSPS) is 10.5. The van der Waals surface area contributed by atoms with Crippen molar-refractivity contribution >= 4 is 23.4 Å². The largest absolute Gasteiger partial charge is 0.354 e. The Kier molecular flexibility index (Phi) is 6.45. The highest BCUT2D eigenvalue weighted by Crippen LogP contribution is 2.16. The third-order valence-electron chi connectivity index (χ3n) is 4.15. The van der Waals surface area contributed by atoms with E-state index in [0.29, 0.717) is 5.95 Å². The van der Waals surface area contributed by atoms with E-state index < -0.39 is 0 Å². The SMILES string of the molecule is CCN(Cc1ccccc1)c1ccnc(NCCc2cccc(Cl)c2)n1. The van der Waals surface area contributed by atoms with Crippen LogP contribution in [0.5, 0.6) is 0 Å². The smallest absolute Gasteiger partial charge is 0.224 e. The first-order valence-corrected chi connectivity index (χ1v) is 9.22. The molecular formula is C21H23ClN4. The van der Waals surface area contributed by atoms with Gasteiger partial charge in [0.25, 0.3) is 0 Å². The molecule has 0 bridgehead atoms. The van der Waals surface area contributed by atoms with E-state index >= 15 is 0 Å². The molecule has 0 saturated heterocycles. The van der Waals surface area contributed by atoms with Crippen molar-refractivity contribution in [2.45, 2.75) is 19.9 Å². The van der Waals surface area contributed by atoms with E-state index in [-0.39, 0.29) is 0 Å². The molecule has 0 radical (unpaired) electrons. The Balaban J connectivity index is 1.61. The van der Waals surface area contributed by atoms with E-state index in [1.165, 1.54) is 11.1 Å². The van der Waals surface area contributed by atoms with Crippen LogP contribution >= 0.6 is 11.6 Å². The number of hydrogen-bond donors (Lipinski definition) is 1. The van der Waals surface area contributed by atoms with E-state index in [1.54, 1.807) is 6.20 Å². The molecule has 0 amide bonds. The Morgan fingerprint density at radius 1 is 1.00 bits per heavy atom. The minimum absolute atomic E-state index is 0.649. The fraction of sp³-hybridized carbons (Fsp3) is 0.238. The van der Waals surface area contributed by atoms with Crippen LogP contribution in [0.1, 0.15) is 18.1 Å². The number of hydrogen-bond acceptors (Lipinski definition) is 4. The van der Waals surface area contributed by atoms with Gasteiger partial charge in [0.15, 0.2) is 0 Å². The Bertz CT molecular complexity index is 823. The van der Waals surface area contributed by atoms with Gasteiger partial charge in [0.2, 0.25) is 5.95 Å². The summed E-state index contributed by atoms with van der Waals surface area (Å²) in [6.45, 7) is 4.61. The molecule has 0 aliphatic carbocycles. The zero-order valence-electron chi connectivity index (χ0n) is 14.9. The molecular weight excluding hydrogens is 344 g/mol. The van der Waals surface area contributed by atoms with E-state index in [4.69, 9.17) is 11.6 Å². The molecule has 1 N–H and O–H groups in total. The second-order valence-electron chi connectivity index (χ2n) is 6.04. The predicted molar refractivity (Wildman–Crippen MR) is 109 cm³/mol. The first-order chi connectivity index (χ1) is 12.7. The van der Waals surface area contributed by atoms with Gasteiger partial charge in [-0.2, -0.15) is 4.98 Å². The molecule has 2 aromatic carbocycles. The molecule has 0 atom stereocenters. The molecule has 0 aliphatic rings. The van der Waals surface area contributed by atoms with Crippen LogP contribution in [0.15, 0.2) is 66.9 Å². The zero-order chi connectivity index (χ0) is 18.2. The number of nitrogens with one attached hydrogen (secondary N) is 1. The van der Waals surface area contributed by atoms with Crippen molar-refractivity contribution < 1.29 is 0 Å². The summed E-state index contributed by atoms with van der Waals surface area (Å²) in [6.07, 6.45) is 2.67. The van der Waals surface area contributed by atoms with Crippen molar-refractivity contribution in [1.29, 1.82) is 0 Å². The fourth-order valence-corrected chi connectivity index (χ4v) is 2.99. The minimum Gasteiger partial charge on any atom is -0.354 e. The number of halogens is 1. The van der Waals surface area contributed by atoms with Crippen LogP contribution in [0, 0.1) is 0 Å². The van der Waals surface area contributed by atoms with Gasteiger partial charge in [-0.1, -0.05) is 54.1 Å². The molecule has 26 heavy (non-hydrogen) atoms. The maximum atomic E-state index is 6.03. The molecule has 5 heteroatoms. The summed E-state index contributed by atoms with van der Waals surface area (Å²) in [5.74, 6) is 1.58. The Morgan fingerprint density at radius 2 is 1.81 bits per heavy atom. The lowest BCUT2D eigenvalue weighted by Crippen LogP contribution is -2.23. The standard InChI is InChI=1S/C21H23ClN4/c1-2-26(16-18-7-4-3-5-8-18)20-12-14-24-21(25-20)23-13-11-17-9-6-10-19(22)15-17/h3-10,12,14-15H,2,11,13,16H2,1H3,(H,23,24,25). The van der Waals surface area contributed by atoms with Gasteiger partial charge in [-0.15, -0.1) is 0 Å². The lowest BCUT2D eigenvalue weighted by molar-refractivity contribution is 0.809. The van der Waals surface area contributed by atoms with Gasteiger partial charge in [0.05, 0.1) is 0 Å². The van der Waals surface area contributed by atoms with Crippen LogP contribution in [-0.4, -0.2) is 23.1 Å². The van der Waals surface area contributed by atoms with E-state index in [9.17, 15) is 0 Å². The molecule has 0 spiro atoms. The van der Waals surface area contributed by atoms with Crippen molar-refractivity contribution in [3.8, 4) is 0 Å². The maximum absolute atomic E-state index is 6.03. The molecule has 3 rings (SSSR count). The molecule has 0 aliphatic heterocycles. The van der Waals surface area contributed by atoms with Gasteiger partial charge >= 0.3 is 0 Å². The van der Waals surface area contributed by atoms with Gasteiger partial charge < -0.3 is 10.2 Å². The second kappa shape index (κ2) is 9.20. The fourth-order valence-electron chi connectivity index (χ4n) is 2.78. The second-order valence-corrected chi connectivity index (χ2v) is 6.48. The number of aromatic nitrogens is 2. The molecule has 0 unspecified atom stereocenters. The molecule has 4 nitrogen and oxygen atoms in total. The third kappa shape index (κ3) is 5.20. The van der Waals surface area contributed by atoms with E-state index in [0.717, 1.165) is 36.9 Å². The number of anilines is 2. The molecule has 0 saturated carbocycles. The first kappa shape index (κ1) is 18.2. The van der Waals surface area contributed by atoms with Crippen LogP contribution in [0.25, 0.3) is 0 Å². The van der Waals surface area contributed by atoms with E-state index in [1.807, 2.05) is 30.3 Å². The van der Waals surface area contributed by atoms with Crippen molar-refractivity contribution in [3.05, 3.63) is 83.0 Å². The first-order valence-electron chi connectivity index (χ1n) is 8.85. The van der Waals surface area contributed by atoms with Crippen LogP contribution in [0.3, 0.4) is 0 Å². The summed E-state index contributed by atoms with van der Waals surface area (Å²) >= 11 is 6.03. The van der Waals surface area contributed by atoms with Gasteiger partial charge in [-0.25, -0.2) is 4.98 Å². The highest BCUT2D eigenvalue weighted by atomic mass is 35.5. The van der Waals surface area contributed by atoms with Gasteiger partial charge in [0.1, 0.15) is 5.82 Å². The van der Waals surface area contributed by atoms with Crippen LogP contribution in [0.4, 0.5) is 11.8 Å². The average molecular weight is 367 g/mol. The third-order valence-corrected chi connectivity index (χ3v) is 4.38. The predicted octanol–water partition coefficient (Wildman–Crippen LogP) is 4.81. The topological polar surface area (TPSA) is 41.1 Å². The van der Waals surface area contributed by atoms with Gasteiger partial charge in [-0.05, 0) is 42.7 Å². The van der Waals surface area contributed by atoms with Crippen LogP contribution in [-0.2, 0) is 13.0 Å². The molecule has 0 fully saturated rings. The average Bonchev–Trinajstić information content (AvgIpc) is 2.67.